The predicted octanol–water partition coefficient (Wildman–Crippen LogP) is 3.84. The van der Waals surface area contributed by atoms with Crippen molar-refractivity contribution in [3.05, 3.63) is 52.2 Å². The lowest BCUT2D eigenvalue weighted by Crippen LogP contribution is -2.46. The number of pyridine rings is 1. The van der Waals surface area contributed by atoms with Gasteiger partial charge in [-0.15, -0.1) is 0 Å². The van der Waals surface area contributed by atoms with Crippen LogP contribution in [0.5, 0.6) is 0 Å². The van der Waals surface area contributed by atoms with Gasteiger partial charge in [-0.25, -0.2) is 24.3 Å². The number of nitrogens with one attached hydrogen (secondary N) is 1. The second-order valence-corrected chi connectivity index (χ2v) is 8.56. The Morgan fingerprint density at radius 1 is 1.34 bits per heavy atom. The van der Waals surface area contributed by atoms with E-state index in [9.17, 15) is 18.0 Å². The fraction of sp³-hybridized carbons (Fsp3) is 0.250. The number of anilines is 2. The Morgan fingerprint density at radius 2 is 2.09 bits per heavy atom. The van der Waals surface area contributed by atoms with Crippen molar-refractivity contribution < 1.29 is 23.1 Å². The average Bonchev–Trinajstić information content (AvgIpc) is 3.32. The number of aliphatic hydroxyl groups is 1. The van der Waals surface area contributed by atoms with E-state index in [0.29, 0.717) is 5.57 Å². The minimum atomic E-state index is -4.71. The van der Waals surface area contributed by atoms with Crippen LogP contribution in [-0.4, -0.2) is 56.3 Å². The summed E-state index contributed by atoms with van der Waals surface area (Å²) in [5.41, 5.74) is 3.12. The van der Waals surface area contributed by atoms with Gasteiger partial charge >= 0.3 is 12.2 Å². The zero-order valence-electron chi connectivity index (χ0n) is 17.9. The van der Waals surface area contributed by atoms with E-state index in [2.05, 4.69) is 25.4 Å². The van der Waals surface area contributed by atoms with Gasteiger partial charge in [-0.1, -0.05) is 23.2 Å². The summed E-state index contributed by atoms with van der Waals surface area (Å²) < 4.78 is 43.5. The Kier molecular flexibility index (Phi) is 6.34. The van der Waals surface area contributed by atoms with Crippen molar-refractivity contribution in [2.24, 2.45) is 10.7 Å². The molecule has 1 aliphatic heterocycles. The molecule has 0 aromatic carbocycles. The molecular weight excluding hydrogens is 512 g/mol. The van der Waals surface area contributed by atoms with Crippen molar-refractivity contribution in [2.45, 2.75) is 18.5 Å². The monoisotopic (exact) mass is 528 g/mol. The highest BCUT2D eigenvalue weighted by molar-refractivity contribution is 6.33. The van der Waals surface area contributed by atoms with Crippen LogP contribution in [0.3, 0.4) is 0 Å². The lowest BCUT2D eigenvalue weighted by atomic mass is 9.88. The number of halogens is 5. The van der Waals surface area contributed by atoms with Crippen LogP contribution >= 0.6 is 23.2 Å². The molecule has 3 aromatic rings. The van der Waals surface area contributed by atoms with Crippen molar-refractivity contribution in [1.29, 1.82) is 0 Å². The van der Waals surface area contributed by atoms with Crippen molar-refractivity contribution >= 4 is 58.3 Å². The van der Waals surface area contributed by atoms with Crippen molar-refractivity contribution in [3.8, 4) is 0 Å². The standard InChI is InChI=1S/C20H17Cl2F3N8O2/c1-19(20(23,24)25)9-32(13-7-27-15-3-14(22)31-33(15)16(13)19)18(35)30-11-2-12(21)17(29-6-11)28-5-10(4-26)8-34/h2-7,34H,8-9,26H2,1H3,(H,30,35)/b10-4+,28-5+/t19-/m1/s1. The number of aliphatic imine (C=N–C) groups is 1. The normalized spacial score (nSPS) is 18.5. The van der Waals surface area contributed by atoms with E-state index in [1.807, 2.05) is 0 Å². The third kappa shape index (κ3) is 4.37. The number of hydrogen-bond acceptors (Lipinski definition) is 7. The quantitative estimate of drug-likeness (QED) is 0.440. The second kappa shape index (κ2) is 8.98. The number of amides is 2. The molecule has 0 bridgehead atoms. The second-order valence-electron chi connectivity index (χ2n) is 7.76. The van der Waals surface area contributed by atoms with Crippen molar-refractivity contribution in [2.75, 3.05) is 23.4 Å². The number of hydrogen-bond donors (Lipinski definition) is 3. The van der Waals surface area contributed by atoms with Gasteiger partial charge in [0, 0.05) is 30.6 Å². The Labute approximate surface area is 205 Å². The summed E-state index contributed by atoms with van der Waals surface area (Å²) >= 11 is 12.0. The average molecular weight is 529 g/mol. The van der Waals surface area contributed by atoms with E-state index < -0.39 is 24.2 Å². The topological polar surface area (TPSA) is 134 Å². The van der Waals surface area contributed by atoms with Gasteiger partial charge in [0.2, 0.25) is 0 Å². The van der Waals surface area contributed by atoms with Crippen LogP contribution in [0.25, 0.3) is 5.65 Å². The number of urea groups is 1. The largest absolute Gasteiger partial charge is 0.404 e. The molecule has 4 rings (SSSR count). The van der Waals surface area contributed by atoms with E-state index in [-0.39, 0.29) is 45.3 Å². The number of aliphatic hydroxyl groups excluding tert-OH is 1. The lowest BCUT2D eigenvalue weighted by Gasteiger charge is -2.28. The first-order valence-electron chi connectivity index (χ1n) is 9.89. The minimum Gasteiger partial charge on any atom is -0.404 e. The highest BCUT2D eigenvalue weighted by atomic mass is 35.5. The Bertz CT molecular complexity index is 1370. The zero-order valence-corrected chi connectivity index (χ0v) is 19.4. The molecule has 2 amide bonds. The van der Waals surface area contributed by atoms with E-state index >= 15 is 0 Å². The molecule has 10 nitrogen and oxygen atoms in total. The summed E-state index contributed by atoms with van der Waals surface area (Å²) in [4.78, 5) is 26.1. The fourth-order valence-electron chi connectivity index (χ4n) is 3.56. The number of carbonyl (C=O) groups is 1. The van der Waals surface area contributed by atoms with Gasteiger partial charge in [0.05, 0.1) is 41.1 Å². The van der Waals surface area contributed by atoms with Crippen LogP contribution in [0.15, 0.2) is 41.3 Å². The molecule has 4 heterocycles. The number of fused-ring (bicyclic) bond motifs is 3. The third-order valence-corrected chi connectivity index (χ3v) is 5.88. The van der Waals surface area contributed by atoms with E-state index in [1.165, 1.54) is 30.7 Å². The Balaban J connectivity index is 1.65. The maximum Gasteiger partial charge on any atom is 0.401 e. The van der Waals surface area contributed by atoms with Gasteiger partial charge in [0.25, 0.3) is 0 Å². The number of nitrogens with two attached hydrogens (primary N) is 1. The molecule has 35 heavy (non-hydrogen) atoms. The van der Waals surface area contributed by atoms with Gasteiger partial charge < -0.3 is 16.2 Å². The van der Waals surface area contributed by atoms with Crippen LogP contribution in [-0.2, 0) is 5.41 Å². The van der Waals surface area contributed by atoms with E-state index in [4.69, 9.17) is 34.0 Å². The van der Waals surface area contributed by atoms with E-state index in [1.54, 1.807) is 0 Å². The third-order valence-electron chi connectivity index (χ3n) is 5.42. The molecule has 0 saturated heterocycles. The highest BCUT2D eigenvalue weighted by Crippen LogP contribution is 2.50. The minimum absolute atomic E-state index is 0.0325. The molecule has 4 N–H and O–H groups in total. The van der Waals surface area contributed by atoms with Crippen LogP contribution in [0.1, 0.15) is 12.6 Å². The number of alkyl halides is 3. The molecular formula is C20H17Cl2F3N8O2. The number of rotatable bonds is 4. The Hall–Kier alpha value is -3.42. The first kappa shape index (κ1) is 24.7. The zero-order chi connectivity index (χ0) is 25.5. The van der Waals surface area contributed by atoms with Crippen molar-refractivity contribution in [1.82, 2.24) is 19.6 Å². The maximum atomic E-state index is 14.2. The fourth-order valence-corrected chi connectivity index (χ4v) is 3.95. The molecule has 0 saturated carbocycles. The van der Waals surface area contributed by atoms with E-state index in [0.717, 1.165) is 22.5 Å². The van der Waals surface area contributed by atoms with Crippen molar-refractivity contribution in [3.63, 3.8) is 0 Å². The van der Waals surface area contributed by atoms with Gasteiger partial charge in [-0.3, -0.25) is 4.90 Å². The molecule has 0 aliphatic carbocycles. The summed E-state index contributed by atoms with van der Waals surface area (Å²) in [6.07, 6.45) is 0.122. The van der Waals surface area contributed by atoms with Gasteiger partial charge in [0.15, 0.2) is 16.6 Å². The van der Waals surface area contributed by atoms with Crippen LogP contribution in [0.2, 0.25) is 10.2 Å². The highest BCUT2D eigenvalue weighted by Gasteiger charge is 2.60. The summed E-state index contributed by atoms with van der Waals surface area (Å²) in [6.45, 7) is -0.0730. The van der Waals surface area contributed by atoms with Gasteiger partial charge in [-0.05, 0) is 13.0 Å². The number of carbonyl (C=O) groups excluding carboxylic acids is 1. The first-order chi connectivity index (χ1) is 16.5. The molecule has 0 unspecified atom stereocenters. The van der Waals surface area contributed by atoms with Gasteiger partial charge in [0.1, 0.15) is 5.41 Å². The first-order valence-corrected chi connectivity index (χ1v) is 10.7. The molecule has 184 valence electrons. The molecule has 3 aromatic heterocycles. The van der Waals surface area contributed by atoms with Crippen LogP contribution < -0.4 is 16.0 Å². The van der Waals surface area contributed by atoms with Crippen LogP contribution in [0, 0.1) is 0 Å². The smallest absolute Gasteiger partial charge is 0.401 e. The maximum absolute atomic E-state index is 14.2. The molecule has 1 atom stereocenters. The Morgan fingerprint density at radius 3 is 2.71 bits per heavy atom. The van der Waals surface area contributed by atoms with Crippen LogP contribution in [0.4, 0.5) is 35.2 Å². The SMILES string of the molecule is C[C@@]1(C(F)(F)F)CN(C(=O)Nc2cnc(/N=C/C(=C\N)CO)c(Cl)c2)c2cnc3cc(Cl)nn3c21. The predicted molar refractivity (Wildman–Crippen MR) is 125 cm³/mol. The lowest BCUT2D eigenvalue weighted by molar-refractivity contribution is -0.181. The summed E-state index contributed by atoms with van der Waals surface area (Å²) in [5, 5.41) is 15.5. The summed E-state index contributed by atoms with van der Waals surface area (Å²) in [7, 11) is 0. The summed E-state index contributed by atoms with van der Waals surface area (Å²) in [5.74, 6) is 0.0794. The molecule has 0 radical (unpaired) electrons. The number of aromatic nitrogens is 4. The summed E-state index contributed by atoms with van der Waals surface area (Å²) in [6, 6.07) is 1.80. The molecule has 0 fully saturated rings. The molecule has 0 spiro atoms. The molecule has 15 heteroatoms. The number of nitrogens with zero attached hydrogens (tertiary/aromatic N) is 6. The van der Waals surface area contributed by atoms with Gasteiger partial charge in [-0.2, -0.15) is 18.3 Å². The molecule has 1 aliphatic rings.